The molecule has 1 aromatic heterocycles. The molecule has 0 bridgehead atoms. The number of aryl methyl sites for hydroxylation is 1. The zero-order valence-corrected chi connectivity index (χ0v) is 9.69. The molecule has 0 aliphatic rings. The second kappa shape index (κ2) is 4.44. The van der Waals surface area contributed by atoms with Crippen LogP contribution in [0.3, 0.4) is 0 Å². The first-order chi connectivity index (χ1) is 6.68. The Bertz CT molecular complexity index is 492. The lowest BCUT2D eigenvalue weighted by Gasteiger charge is -1.88. The first kappa shape index (κ1) is 11.7. The van der Waals surface area contributed by atoms with Gasteiger partial charge >= 0.3 is 11.9 Å². The van der Waals surface area contributed by atoms with Crippen LogP contribution in [0.2, 0.25) is 0 Å². The highest BCUT2D eigenvalue weighted by molar-refractivity contribution is 5.70. The monoisotopic (exact) mass is 271 g/mol. The van der Waals surface area contributed by atoms with Crippen LogP contribution in [-0.4, -0.2) is 11.1 Å². The van der Waals surface area contributed by atoms with Crippen LogP contribution in [0, 0.1) is 6.92 Å². The molecule has 0 amide bonds. The number of hydrogen-bond acceptors (Lipinski definition) is 2. The molecular formula is C10H10BrNO3. The lowest BCUT2D eigenvalue weighted by molar-refractivity contribution is -0.671. The average Bonchev–Trinajstić information content (AvgIpc) is 2.43. The zero-order valence-electron chi connectivity index (χ0n) is 8.11. The van der Waals surface area contributed by atoms with Crippen LogP contribution in [-0.2, 0) is 11.3 Å². The Kier molecular flexibility index (Phi) is 3.47. The van der Waals surface area contributed by atoms with Gasteiger partial charge in [0, 0.05) is 6.07 Å². The van der Waals surface area contributed by atoms with E-state index in [9.17, 15) is 4.79 Å². The maximum Gasteiger partial charge on any atom is 0.370 e. The van der Waals surface area contributed by atoms with Crippen molar-refractivity contribution in [1.29, 1.82) is 0 Å². The van der Waals surface area contributed by atoms with Crippen molar-refractivity contribution in [3.8, 4) is 0 Å². The minimum Gasteiger partial charge on any atom is -1.00 e. The number of aliphatic carboxylic acids is 1. The molecule has 2 aromatic rings. The number of aromatic nitrogens is 1. The number of halogens is 1. The molecule has 0 radical (unpaired) electrons. The predicted molar refractivity (Wildman–Crippen MR) is 48.8 cm³/mol. The lowest BCUT2D eigenvalue weighted by atomic mass is 10.3. The van der Waals surface area contributed by atoms with E-state index in [1.807, 2.05) is 24.3 Å². The van der Waals surface area contributed by atoms with E-state index in [1.54, 1.807) is 11.5 Å². The number of carboxylic acid groups (broad SMARTS) is 1. The summed E-state index contributed by atoms with van der Waals surface area (Å²) >= 11 is 0. The fourth-order valence-electron chi connectivity index (χ4n) is 1.48. The summed E-state index contributed by atoms with van der Waals surface area (Å²) in [5.41, 5.74) is 1.53. The van der Waals surface area contributed by atoms with Crippen LogP contribution in [0.4, 0.5) is 0 Å². The highest BCUT2D eigenvalue weighted by Crippen LogP contribution is 2.11. The molecule has 0 fully saturated rings. The van der Waals surface area contributed by atoms with Crippen molar-refractivity contribution in [3.05, 3.63) is 30.2 Å². The Morgan fingerprint density at radius 1 is 1.47 bits per heavy atom. The van der Waals surface area contributed by atoms with Gasteiger partial charge in [0.1, 0.15) is 0 Å². The molecule has 0 saturated carbocycles. The topological polar surface area (TPSA) is 54.3 Å². The van der Waals surface area contributed by atoms with Crippen molar-refractivity contribution in [2.24, 2.45) is 0 Å². The number of para-hydroxylation sites is 2. The maximum absolute atomic E-state index is 10.6. The molecular weight excluding hydrogens is 262 g/mol. The molecule has 1 N–H and O–H groups in total. The van der Waals surface area contributed by atoms with Crippen LogP contribution >= 0.6 is 0 Å². The van der Waals surface area contributed by atoms with Gasteiger partial charge in [-0.3, -0.25) is 0 Å². The van der Waals surface area contributed by atoms with Gasteiger partial charge in [-0.15, -0.1) is 4.57 Å². The number of nitrogens with zero attached hydrogens (tertiary/aromatic N) is 1. The normalized spacial score (nSPS) is 9.93. The van der Waals surface area contributed by atoms with E-state index >= 15 is 0 Å². The third kappa shape index (κ3) is 2.18. The van der Waals surface area contributed by atoms with E-state index < -0.39 is 5.97 Å². The Morgan fingerprint density at radius 2 is 2.13 bits per heavy atom. The SMILES string of the molecule is Cc1oc2ccccc2[n+]1CC(=O)O.[Br-]. The molecule has 5 heteroatoms. The van der Waals surface area contributed by atoms with Gasteiger partial charge in [0.25, 0.3) is 5.52 Å². The average molecular weight is 272 g/mol. The number of oxazole rings is 1. The summed E-state index contributed by atoms with van der Waals surface area (Å²) in [6.07, 6.45) is 0. The Morgan fingerprint density at radius 3 is 2.80 bits per heavy atom. The minimum atomic E-state index is -0.871. The van der Waals surface area contributed by atoms with Crippen molar-refractivity contribution in [2.75, 3.05) is 0 Å². The first-order valence-electron chi connectivity index (χ1n) is 4.28. The smallest absolute Gasteiger partial charge is 0.370 e. The second-order valence-electron chi connectivity index (χ2n) is 3.07. The van der Waals surface area contributed by atoms with Gasteiger partial charge in [0.05, 0.1) is 6.92 Å². The quantitative estimate of drug-likeness (QED) is 0.651. The van der Waals surface area contributed by atoms with E-state index in [-0.39, 0.29) is 23.5 Å². The first-order valence-corrected chi connectivity index (χ1v) is 4.28. The number of rotatable bonds is 2. The van der Waals surface area contributed by atoms with Gasteiger partial charge in [0.2, 0.25) is 12.1 Å². The van der Waals surface area contributed by atoms with Crippen molar-refractivity contribution in [1.82, 2.24) is 0 Å². The highest BCUT2D eigenvalue weighted by Gasteiger charge is 2.20. The molecule has 0 unspecified atom stereocenters. The molecule has 0 aliphatic heterocycles. The summed E-state index contributed by atoms with van der Waals surface area (Å²) in [5.74, 6) is -0.266. The van der Waals surface area contributed by atoms with E-state index in [2.05, 4.69) is 0 Å². The van der Waals surface area contributed by atoms with Crippen LogP contribution in [0.25, 0.3) is 11.1 Å². The Labute approximate surface area is 96.9 Å². The van der Waals surface area contributed by atoms with Crippen LogP contribution in [0.1, 0.15) is 5.89 Å². The van der Waals surface area contributed by atoms with E-state index in [0.717, 1.165) is 5.52 Å². The highest BCUT2D eigenvalue weighted by atomic mass is 79.9. The standard InChI is InChI=1S/C10H9NO3.BrH/c1-7-11(6-10(12)13)8-4-2-3-5-9(8)14-7;/h2-5H,6H2,1H3;1H. The second-order valence-corrected chi connectivity index (χ2v) is 3.07. The number of hydrogen-bond donors (Lipinski definition) is 1. The van der Waals surface area contributed by atoms with Crippen LogP contribution in [0.5, 0.6) is 0 Å². The van der Waals surface area contributed by atoms with Crippen molar-refractivity contribution < 1.29 is 35.9 Å². The van der Waals surface area contributed by atoms with Gasteiger partial charge in [-0.25, -0.2) is 4.79 Å². The van der Waals surface area contributed by atoms with Crippen LogP contribution < -0.4 is 21.5 Å². The molecule has 15 heavy (non-hydrogen) atoms. The lowest BCUT2D eigenvalue weighted by Crippen LogP contribution is -3.00. The van der Waals surface area contributed by atoms with Crippen molar-refractivity contribution in [2.45, 2.75) is 13.5 Å². The summed E-state index contributed by atoms with van der Waals surface area (Å²) in [5, 5.41) is 8.71. The van der Waals surface area contributed by atoms with E-state index in [1.165, 1.54) is 0 Å². The van der Waals surface area contributed by atoms with Gasteiger partial charge < -0.3 is 26.5 Å². The van der Waals surface area contributed by atoms with Gasteiger partial charge in [-0.05, 0) is 6.07 Å². The summed E-state index contributed by atoms with van der Waals surface area (Å²) < 4.78 is 7.04. The molecule has 0 aliphatic carbocycles. The third-order valence-electron chi connectivity index (χ3n) is 2.09. The number of fused-ring (bicyclic) bond motifs is 1. The van der Waals surface area contributed by atoms with E-state index in [4.69, 9.17) is 9.52 Å². The fraction of sp³-hybridized carbons (Fsp3) is 0.200. The number of carboxylic acids is 1. The van der Waals surface area contributed by atoms with Crippen LogP contribution in [0.15, 0.2) is 28.7 Å². The molecule has 0 saturated heterocycles. The molecule has 0 atom stereocenters. The largest absolute Gasteiger partial charge is 1.00 e. The Hall–Kier alpha value is -1.36. The minimum absolute atomic E-state index is 0. The summed E-state index contributed by atoms with van der Waals surface area (Å²) in [6, 6.07) is 7.38. The molecule has 2 rings (SSSR count). The fourth-order valence-corrected chi connectivity index (χ4v) is 1.48. The molecule has 1 heterocycles. The van der Waals surface area contributed by atoms with E-state index in [0.29, 0.717) is 11.5 Å². The summed E-state index contributed by atoms with van der Waals surface area (Å²) in [4.78, 5) is 10.6. The van der Waals surface area contributed by atoms with Gasteiger partial charge in [-0.2, -0.15) is 0 Å². The third-order valence-corrected chi connectivity index (χ3v) is 2.09. The van der Waals surface area contributed by atoms with Gasteiger partial charge in [-0.1, -0.05) is 12.1 Å². The van der Waals surface area contributed by atoms with Crippen molar-refractivity contribution in [3.63, 3.8) is 0 Å². The number of benzene rings is 1. The summed E-state index contributed by atoms with van der Waals surface area (Å²) in [6.45, 7) is 1.69. The van der Waals surface area contributed by atoms with Gasteiger partial charge in [0.15, 0.2) is 0 Å². The number of carbonyl (C=O) groups is 1. The molecule has 4 nitrogen and oxygen atoms in total. The zero-order chi connectivity index (χ0) is 10.1. The molecule has 1 aromatic carbocycles. The summed E-state index contributed by atoms with van der Waals surface area (Å²) in [7, 11) is 0. The maximum atomic E-state index is 10.6. The van der Waals surface area contributed by atoms with Crippen molar-refractivity contribution >= 4 is 17.1 Å². The predicted octanol–water partition coefficient (Wildman–Crippen LogP) is -1.88. The molecule has 80 valence electrons. The molecule has 0 spiro atoms. The Balaban J connectivity index is 0.00000112.